The Kier molecular flexibility index (Phi) is 6.51. The van der Waals surface area contributed by atoms with Crippen LogP contribution in [0.4, 0.5) is 0 Å². The molecule has 2 rings (SSSR count). The van der Waals surface area contributed by atoms with Crippen LogP contribution < -0.4 is 5.32 Å². The molecule has 1 saturated heterocycles. The van der Waals surface area contributed by atoms with Gasteiger partial charge < -0.3 is 10.1 Å². The SMILES string of the molecule is CCCC(C)(CNC(C)C)CN1CCOC2CCCCC21. The van der Waals surface area contributed by atoms with Gasteiger partial charge in [-0.1, -0.05) is 47.0 Å². The number of nitrogens with one attached hydrogen (secondary N) is 1. The van der Waals surface area contributed by atoms with E-state index in [1.165, 1.54) is 45.1 Å². The van der Waals surface area contributed by atoms with Crippen molar-refractivity contribution in [3.63, 3.8) is 0 Å². The second-order valence-corrected chi connectivity index (χ2v) is 7.83. The Bertz CT molecular complexity index is 306. The first-order chi connectivity index (χ1) is 10.0. The molecule has 0 aromatic carbocycles. The van der Waals surface area contributed by atoms with Crippen LogP contribution in [0.3, 0.4) is 0 Å². The van der Waals surface area contributed by atoms with Crippen molar-refractivity contribution in [2.24, 2.45) is 5.41 Å². The molecule has 3 atom stereocenters. The zero-order valence-corrected chi connectivity index (χ0v) is 14.7. The molecule has 0 radical (unpaired) electrons. The van der Waals surface area contributed by atoms with Crippen LogP contribution in [0.15, 0.2) is 0 Å². The maximum atomic E-state index is 6.03. The van der Waals surface area contributed by atoms with E-state index in [0.29, 0.717) is 23.6 Å². The first-order valence-electron chi connectivity index (χ1n) is 9.13. The number of ether oxygens (including phenoxy) is 1. The molecule has 21 heavy (non-hydrogen) atoms. The fraction of sp³-hybridized carbons (Fsp3) is 1.00. The standard InChI is InChI=1S/C18H36N2O/c1-5-10-18(4,13-19-15(2)3)14-20-11-12-21-17-9-7-6-8-16(17)20/h15-17,19H,5-14H2,1-4H3. The molecule has 1 N–H and O–H groups in total. The number of morpholine rings is 1. The highest BCUT2D eigenvalue weighted by molar-refractivity contribution is 4.91. The molecule has 1 heterocycles. The van der Waals surface area contributed by atoms with Crippen LogP contribution >= 0.6 is 0 Å². The molecule has 0 aromatic rings. The van der Waals surface area contributed by atoms with Crippen LogP contribution in [-0.4, -0.2) is 49.3 Å². The van der Waals surface area contributed by atoms with Crippen molar-refractivity contribution in [1.29, 1.82) is 0 Å². The van der Waals surface area contributed by atoms with Crippen molar-refractivity contribution < 1.29 is 4.74 Å². The fourth-order valence-electron chi connectivity index (χ4n) is 4.14. The lowest BCUT2D eigenvalue weighted by Gasteiger charge is -2.47. The van der Waals surface area contributed by atoms with Crippen LogP contribution in [0.25, 0.3) is 0 Å². The number of rotatable bonds is 7. The molecule has 0 amide bonds. The van der Waals surface area contributed by atoms with E-state index < -0.39 is 0 Å². The van der Waals surface area contributed by atoms with Crippen molar-refractivity contribution in [2.45, 2.75) is 84.4 Å². The van der Waals surface area contributed by atoms with E-state index in [4.69, 9.17) is 4.74 Å². The van der Waals surface area contributed by atoms with Crippen molar-refractivity contribution in [2.75, 3.05) is 26.2 Å². The average Bonchev–Trinajstić information content (AvgIpc) is 2.46. The predicted molar refractivity (Wildman–Crippen MR) is 89.7 cm³/mol. The summed E-state index contributed by atoms with van der Waals surface area (Å²) in [6, 6.07) is 1.26. The zero-order chi connectivity index (χ0) is 15.3. The maximum absolute atomic E-state index is 6.03. The van der Waals surface area contributed by atoms with Crippen molar-refractivity contribution >= 4 is 0 Å². The average molecular weight is 296 g/mol. The summed E-state index contributed by atoms with van der Waals surface area (Å²) in [6.45, 7) is 13.7. The summed E-state index contributed by atoms with van der Waals surface area (Å²) in [4.78, 5) is 2.75. The number of hydrogen-bond acceptors (Lipinski definition) is 3. The van der Waals surface area contributed by atoms with Crippen LogP contribution in [0, 0.1) is 5.41 Å². The van der Waals surface area contributed by atoms with Crippen molar-refractivity contribution in [3.8, 4) is 0 Å². The van der Waals surface area contributed by atoms with Gasteiger partial charge in [-0.3, -0.25) is 4.90 Å². The molecular formula is C18H36N2O. The Balaban J connectivity index is 1.97. The van der Waals surface area contributed by atoms with Crippen LogP contribution in [-0.2, 0) is 4.74 Å². The third kappa shape index (κ3) is 4.94. The van der Waals surface area contributed by atoms with Gasteiger partial charge >= 0.3 is 0 Å². The normalized spacial score (nSPS) is 30.1. The quantitative estimate of drug-likeness (QED) is 0.779. The number of nitrogens with zero attached hydrogens (tertiary/aromatic N) is 1. The third-order valence-electron chi connectivity index (χ3n) is 5.22. The molecular weight excluding hydrogens is 260 g/mol. The van der Waals surface area contributed by atoms with Gasteiger partial charge in [-0.25, -0.2) is 0 Å². The van der Waals surface area contributed by atoms with Crippen LogP contribution in [0.5, 0.6) is 0 Å². The minimum atomic E-state index is 0.387. The number of hydrogen-bond donors (Lipinski definition) is 1. The van der Waals surface area contributed by atoms with Crippen molar-refractivity contribution in [1.82, 2.24) is 10.2 Å². The Labute approximate surface area is 131 Å². The predicted octanol–water partition coefficient (Wildman–Crippen LogP) is 3.43. The molecule has 3 heteroatoms. The Morgan fingerprint density at radius 2 is 2.05 bits per heavy atom. The summed E-state index contributed by atoms with van der Waals surface area (Å²) in [5.74, 6) is 0. The van der Waals surface area contributed by atoms with Gasteiger partial charge in [0.25, 0.3) is 0 Å². The smallest absolute Gasteiger partial charge is 0.0730 e. The van der Waals surface area contributed by atoms with Crippen LogP contribution in [0.2, 0.25) is 0 Å². The summed E-state index contributed by atoms with van der Waals surface area (Å²) < 4.78 is 6.03. The molecule has 3 unspecified atom stereocenters. The first-order valence-corrected chi connectivity index (χ1v) is 9.13. The summed E-state index contributed by atoms with van der Waals surface area (Å²) in [7, 11) is 0. The van der Waals surface area contributed by atoms with Gasteiger partial charge in [0.05, 0.1) is 12.7 Å². The summed E-state index contributed by atoms with van der Waals surface area (Å²) in [6.07, 6.45) is 8.44. The molecule has 0 spiro atoms. The van der Waals surface area contributed by atoms with Crippen LogP contribution in [0.1, 0.15) is 66.2 Å². The van der Waals surface area contributed by atoms with E-state index in [0.717, 1.165) is 19.7 Å². The second-order valence-electron chi connectivity index (χ2n) is 7.83. The molecule has 1 saturated carbocycles. The van der Waals surface area contributed by atoms with Gasteiger partial charge in [0.15, 0.2) is 0 Å². The highest BCUT2D eigenvalue weighted by Crippen LogP contribution is 2.32. The third-order valence-corrected chi connectivity index (χ3v) is 5.22. The maximum Gasteiger partial charge on any atom is 0.0730 e. The Morgan fingerprint density at radius 1 is 1.29 bits per heavy atom. The van der Waals surface area contributed by atoms with Gasteiger partial charge in [0.1, 0.15) is 0 Å². The van der Waals surface area contributed by atoms with Gasteiger partial charge in [-0.05, 0) is 24.7 Å². The minimum absolute atomic E-state index is 0.387. The van der Waals surface area contributed by atoms with Gasteiger partial charge in [0.2, 0.25) is 0 Å². The first kappa shape index (κ1) is 17.2. The molecule has 2 fully saturated rings. The van der Waals surface area contributed by atoms with E-state index in [1.807, 2.05) is 0 Å². The van der Waals surface area contributed by atoms with E-state index in [1.54, 1.807) is 0 Å². The molecule has 2 aliphatic rings. The zero-order valence-electron chi connectivity index (χ0n) is 14.7. The van der Waals surface area contributed by atoms with Gasteiger partial charge in [-0.2, -0.15) is 0 Å². The van der Waals surface area contributed by atoms with E-state index in [2.05, 4.69) is 37.9 Å². The summed E-state index contributed by atoms with van der Waals surface area (Å²) >= 11 is 0. The Morgan fingerprint density at radius 3 is 2.76 bits per heavy atom. The van der Waals surface area contributed by atoms with Crippen molar-refractivity contribution in [3.05, 3.63) is 0 Å². The molecule has 0 aromatic heterocycles. The van der Waals surface area contributed by atoms with E-state index in [9.17, 15) is 0 Å². The second kappa shape index (κ2) is 7.94. The minimum Gasteiger partial charge on any atom is -0.375 e. The molecule has 124 valence electrons. The summed E-state index contributed by atoms with van der Waals surface area (Å²) in [5, 5.41) is 3.67. The Hall–Kier alpha value is -0.120. The lowest BCUT2D eigenvalue weighted by atomic mass is 9.82. The number of fused-ring (bicyclic) bond motifs is 1. The lowest BCUT2D eigenvalue weighted by molar-refractivity contribution is -0.0983. The fourth-order valence-corrected chi connectivity index (χ4v) is 4.14. The highest BCUT2D eigenvalue weighted by Gasteiger charge is 2.37. The van der Waals surface area contributed by atoms with E-state index in [-0.39, 0.29) is 0 Å². The molecule has 0 bridgehead atoms. The topological polar surface area (TPSA) is 24.5 Å². The monoisotopic (exact) mass is 296 g/mol. The molecule has 3 nitrogen and oxygen atoms in total. The highest BCUT2D eigenvalue weighted by atomic mass is 16.5. The van der Waals surface area contributed by atoms with Gasteiger partial charge in [0, 0.05) is 31.7 Å². The summed E-state index contributed by atoms with van der Waals surface area (Å²) in [5.41, 5.74) is 0.387. The molecule has 1 aliphatic carbocycles. The largest absolute Gasteiger partial charge is 0.375 e. The lowest BCUT2D eigenvalue weighted by Crippen LogP contribution is -2.56. The molecule has 1 aliphatic heterocycles. The van der Waals surface area contributed by atoms with Gasteiger partial charge in [-0.15, -0.1) is 0 Å². The van der Waals surface area contributed by atoms with E-state index >= 15 is 0 Å².